The lowest BCUT2D eigenvalue weighted by atomic mass is 9.96. The third kappa shape index (κ3) is 2.45. The molecule has 2 aromatic rings. The first-order chi connectivity index (χ1) is 8.76. The predicted octanol–water partition coefficient (Wildman–Crippen LogP) is 3.14. The van der Waals surface area contributed by atoms with Crippen LogP contribution < -0.4 is 0 Å². The van der Waals surface area contributed by atoms with Crippen LogP contribution in [0.1, 0.15) is 24.8 Å². The van der Waals surface area contributed by atoms with Crippen LogP contribution in [0.3, 0.4) is 0 Å². The summed E-state index contributed by atoms with van der Waals surface area (Å²) >= 11 is 0. The lowest BCUT2D eigenvalue weighted by molar-refractivity contribution is -0.142. The average Bonchev–Trinajstić information content (AvgIpc) is 2.94. The second-order valence-corrected chi connectivity index (χ2v) is 4.17. The Labute approximate surface area is 107 Å². The summed E-state index contributed by atoms with van der Waals surface area (Å²) in [4.78, 5) is 11.6. The van der Waals surface area contributed by atoms with E-state index >= 15 is 0 Å². The first kappa shape index (κ1) is 12.4. The van der Waals surface area contributed by atoms with Gasteiger partial charge in [-0.1, -0.05) is 19.1 Å². The smallest absolute Gasteiger partial charge is 0.313 e. The second kappa shape index (κ2) is 5.54. The Balaban J connectivity index is 2.24. The Hall–Kier alpha value is -2.03. The van der Waals surface area contributed by atoms with Gasteiger partial charge in [0.1, 0.15) is 0 Å². The van der Waals surface area contributed by atoms with Crippen LogP contribution in [0, 0.1) is 0 Å². The summed E-state index contributed by atoms with van der Waals surface area (Å²) in [7, 11) is 1.43. The molecule has 0 spiro atoms. The standard InChI is InChI=1S/C15H17NO2/c1-3-14(15(17)18-2)12-6-8-13(9-7-12)16-10-4-5-11-16/h4-11,14H,3H2,1-2H3. The van der Waals surface area contributed by atoms with Crippen molar-refractivity contribution in [1.82, 2.24) is 4.57 Å². The van der Waals surface area contributed by atoms with E-state index in [9.17, 15) is 4.79 Å². The Kier molecular flexibility index (Phi) is 3.82. The van der Waals surface area contributed by atoms with E-state index < -0.39 is 0 Å². The van der Waals surface area contributed by atoms with Gasteiger partial charge in [0.25, 0.3) is 0 Å². The van der Waals surface area contributed by atoms with E-state index in [0.717, 1.165) is 17.7 Å². The number of esters is 1. The summed E-state index contributed by atoms with van der Waals surface area (Å²) in [6.07, 6.45) is 4.73. The van der Waals surface area contributed by atoms with Gasteiger partial charge in [-0.25, -0.2) is 0 Å². The molecule has 3 heteroatoms. The highest BCUT2D eigenvalue weighted by molar-refractivity contribution is 5.78. The minimum Gasteiger partial charge on any atom is -0.469 e. The molecule has 0 bridgehead atoms. The van der Waals surface area contributed by atoms with E-state index in [1.54, 1.807) is 0 Å². The zero-order valence-electron chi connectivity index (χ0n) is 10.7. The van der Waals surface area contributed by atoms with Crippen LogP contribution in [0.2, 0.25) is 0 Å². The molecule has 0 radical (unpaired) electrons. The zero-order chi connectivity index (χ0) is 13.0. The van der Waals surface area contributed by atoms with E-state index in [2.05, 4.69) is 0 Å². The Morgan fingerprint density at radius 2 is 1.83 bits per heavy atom. The fraction of sp³-hybridized carbons (Fsp3) is 0.267. The molecule has 0 fully saturated rings. The quantitative estimate of drug-likeness (QED) is 0.772. The van der Waals surface area contributed by atoms with Crippen molar-refractivity contribution in [3.05, 3.63) is 54.4 Å². The molecule has 1 aromatic heterocycles. The monoisotopic (exact) mass is 243 g/mol. The molecule has 0 aliphatic rings. The Morgan fingerprint density at radius 1 is 1.22 bits per heavy atom. The van der Waals surface area contributed by atoms with Crippen molar-refractivity contribution in [3.8, 4) is 5.69 Å². The van der Waals surface area contributed by atoms with E-state index in [1.165, 1.54) is 7.11 Å². The number of carbonyl (C=O) groups is 1. The highest BCUT2D eigenvalue weighted by Gasteiger charge is 2.18. The summed E-state index contributed by atoms with van der Waals surface area (Å²) in [6, 6.07) is 12.0. The summed E-state index contributed by atoms with van der Waals surface area (Å²) in [5, 5.41) is 0. The van der Waals surface area contributed by atoms with Gasteiger partial charge in [0.2, 0.25) is 0 Å². The van der Waals surface area contributed by atoms with Crippen LogP contribution in [0.15, 0.2) is 48.8 Å². The van der Waals surface area contributed by atoms with Crippen molar-refractivity contribution in [2.75, 3.05) is 7.11 Å². The molecule has 3 nitrogen and oxygen atoms in total. The van der Waals surface area contributed by atoms with Gasteiger partial charge in [0.05, 0.1) is 13.0 Å². The maximum absolute atomic E-state index is 11.6. The summed E-state index contributed by atoms with van der Waals surface area (Å²) in [5.41, 5.74) is 2.09. The molecular formula is C15H17NO2. The van der Waals surface area contributed by atoms with Crippen LogP contribution in [0.5, 0.6) is 0 Å². The number of benzene rings is 1. The number of methoxy groups -OCH3 is 1. The average molecular weight is 243 g/mol. The molecule has 1 aromatic carbocycles. The van der Waals surface area contributed by atoms with Gasteiger partial charge in [-0.3, -0.25) is 4.79 Å². The maximum Gasteiger partial charge on any atom is 0.313 e. The largest absolute Gasteiger partial charge is 0.469 e. The topological polar surface area (TPSA) is 31.2 Å². The number of hydrogen-bond donors (Lipinski definition) is 0. The van der Waals surface area contributed by atoms with Crippen molar-refractivity contribution in [2.24, 2.45) is 0 Å². The fourth-order valence-corrected chi connectivity index (χ4v) is 2.07. The van der Waals surface area contributed by atoms with E-state index in [4.69, 9.17) is 4.74 Å². The molecule has 0 amide bonds. The number of nitrogens with zero attached hydrogens (tertiary/aromatic N) is 1. The molecule has 0 aliphatic carbocycles. The summed E-state index contributed by atoms with van der Waals surface area (Å²) < 4.78 is 6.85. The van der Waals surface area contributed by atoms with Gasteiger partial charge in [0.15, 0.2) is 0 Å². The van der Waals surface area contributed by atoms with Crippen molar-refractivity contribution in [2.45, 2.75) is 19.3 Å². The van der Waals surface area contributed by atoms with Crippen LogP contribution in [0.25, 0.3) is 5.69 Å². The molecule has 18 heavy (non-hydrogen) atoms. The highest BCUT2D eigenvalue weighted by atomic mass is 16.5. The number of ether oxygens (including phenoxy) is 1. The van der Waals surface area contributed by atoms with E-state index in [0.29, 0.717) is 0 Å². The Bertz CT molecular complexity index is 500. The first-order valence-electron chi connectivity index (χ1n) is 6.07. The third-order valence-corrected chi connectivity index (χ3v) is 3.09. The fourth-order valence-electron chi connectivity index (χ4n) is 2.07. The van der Waals surface area contributed by atoms with E-state index in [-0.39, 0.29) is 11.9 Å². The number of carbonyl (C=O) groups excluding carboxylic acids is 1. The molecular weight excluding hydrogens is 226 g/mol. The number of hydrogen-bond acceptors (Lipinski definition) is 2. The lowest BCUT2D eigenvalue weighted by Gasteiger charge is -2.13. The van der Waals surface area contributed by atoms with Crippen molar-refractivity contribution in [1.29, 1.82) is 0 Å². The van der Waals surface area contributed by atoms with Gasteiger partial charge < -0.3 is 9.30 Å². The molecule has 1 heterocycles. The first-order valence-corrected chi connectivity index (χ1v) is 6.07. The van der Waals surface area contributed by atoms with Crippen molar-refractivity contribution < 1.29 is 9.53 Å². The number of rotatable bonds is 4. The minimum atomic E-state index is -0.175. The van der Waals surface area contributed by atoms with Gasteiger partial charge in [-0.05, 0) is 36.2 Å². The lowest BCUT2D eigenvalue weighted by Crippen LogP contribution is -2.13. The molecule has 2 rings (SSSR count). The SMILES string of the molecule is CCC(C(=O)OC)c1ccc(-n2cccc2)cc1. The van der Waals surface area contributed by atoms with Crippen LogP contribution >= 0.6 is 0 Å². The molecule has 0 aliphatic heterocycles. The molecule has 0 saturated heterocycles. The molecule has 94 valence electrons. The zero-order valence-corrected chi connectivity index (χ0v) is 10.7. The maximum atomic E-state index is 11.6. The third-order valence-electron chi connectivity index (χ3n) is 3.09. The molecule has 0 N–H and O–H groups in total. The summed E-state index contributed by atoms with van der Waals surface area (Å²) in [6.45, 7) is 1.99. The highest BCUT2D eigenvalue weighted by Crippen LogP contribution is 2.22. The molecule has 1 atom stereocenters. The van der Waals surface area contributed by atoms with Crippen LogP contribution in [-0.4, -0.2) is 17.6 Å². The van der Waals surface area contributed by atoms with Crippen molar-refractivity contribution in [3.63, 3.8) is 0 Å². The van der Waals surface area contributed by atoms with Gasteiger partial charge >= 0.3 is 5.97 Å². The van der Waals surface area contributed by atoms with Crippen LogP contribution in [-0.2, 0) is 9.53 Å². The molecule has 0 saturated carbocycles. The van der Waals surface area contributed by atoms with Gasteiger partial charge in [-0.2, -0.15) is 0 Å². The molecule has 1 unspecified atom stereocenters. The Morgan fingerprint density at radius 3 is 2.33 bits per heavy atom. The van der Waals surface area contributed by atoms with Crippen molar-refractivity contribution >= 4 is 5.97 Å². The minimum absolute atomic E-state index is 0.172. The number of aromatic nitrogens is 1. The predicted molar refractivity (Wildman–Crippen MR) is 70.8 cm³/mol. The summed E-state index contributed by atoms with van der Waals surface area (Å²) in [5.74, 6) is -0.347. The second-order valence-electron chi connectivity index (χ2n) is 4.17. The normalized spacial score (nSPS) is 12.1. The van der Waals surface area contributed by atoms with Crippen LogP contribution in [0.4, 0.5) is 0 Å². The van der Waals surface area contributed by atoms with Gasteiger partial charge in [0, 0.05) is 18.1 Å². The van der Waals surface area contributed by atoms with Gasteiger partial charge in [-0.15, -0.1) is 0 Å². The van der Waals surface area contributed by atoms with E-state index in [1.807, 2.05) is 60.3 Å².